The smallest absolute Gasteiger partial charge is 0.253 e. The van der Waals surface area contributed by atoms with Crippen molar-refractivity contribution in [1.82, 2.24) is 15.5 Å². The summed E-state index contributed by atoms with van der Waals surface area (Å²) in [5, 5.41) is 5.52. The zero-order valence-electron chi connectivity index (χ0n) is 20.2. The first-order valence-electron chi connectivity index (χ1n) is 11.9. The number of nitrogens with zero attached hydrogens (tertiary/aromatic N) is 1. The molecule has 0 bridgehead atoms. The zero-order valence-corrected chi connectivity index (χ0v) is 20.2. The molecule has 1 aliphatic heterocycles. The molecule has 1 aromatic rings. The van der Waals surface area contributed by atoms with E-state index in [0.717, 1.165) is 11.2 Å². The van der Waals surface area contributed by atoms with Gasteiger partial charge in [0, 0.05) is 62.5 Å². The number of ether oxygens (including phenoxy) is 3. The Kier molecular flexibility index (Phi) is 13.7. The van der Waals surface area contributed by atoms with Gasteiger partial charge in [0.1, 0.15) is 6.29 Å². The van der Waals surface area contributed by atoms with Crippen LogP contribution in [0, 0.1) is 0 Å². The number of hydrogen-bond donors (Lipinski definition) is 2. The van der Waals surface area contributed by atoms with Crippen LogP contribution in [0.3, 0.4) is 0 Å². The maximum Gasteiger partial charge on any atom is 0.253 e. The predicted octanol–water partition coefficient (Wildman–Crippen LogP) is 0.490. The lowest BCUT2D eigenvalue weighted by molar-refractivity contribution is -0.137. The van der Waals surface area contributed by atoms with E-state index in [-0.39, 0.29) is 24.8 Å². The van der Waals surface area contributed by atoms with Gasteiger partial charge in [0.25, 0.3) is 17.7 Å². The fraction of sp³-hybridized carbons (Fsp3) is 0.480. The quantitative estimate of drug-likeness (QED) is 0.158. The number of carbonyl (C=O) groups is 5. The van der Waals surface area contributed by atoms with Crippen LogP contribution in [0.25, 0.3) is 0 Å². The highest BCUT2D eigenvalue weighted by atomic mass is 16.5. The lowest BCUT2D eigenvalue weighted by atomic mass is 10.1. The van der Waals surface area contributed by atoms with Gasteiger partial charge in [-0.3, -0.25) is 28.9 Å². The van der Waals surface area contributed by atoms with Crippen LogP contribution in [0.4, 0.5) is 0 Å². The summed E-state index contributed by atoms with van der Waals surface area (Å²) in [6.07, 6.45) is 4.50. The van der Waals surface area contributed by atoms with E-state index in [1.165, 1.54) is 12.2 Å². The maximum absolute atomic E-state index is 12.0. The van der Waals surface area contributed by atoms with Crippen molar-refractivity contribution in [2.24, 2.45) is 0 Å². The summed E-state index contributed by atoms with van der Waals surface area (Å²) < 4.78 is 16.3. The van der Waals surface area contributed by atoms with Gasteiger partial charge in [0.15, 0.2) is 0 Å². The number of benzene rings is 1. The molecule has 0 spiro atoms. The number of carbonyl (C=O) groups excluding carboxylic acids is 5. The summed E-state index contributed by atoms with van der Waals surface area (Å²) >= 11 is 0. The van der Waals surface area contributed by atoms with E-state index < -0.39 is 11.8 Å². The van der Waals surface area contributed by atoms with Crippen molar-refractivity contribution in [2.45, 2.75) is 19.3 Å². The lowest BCUT2D eigenvalue weighted by Crippen LogP contribution is -2.35. The van der Waals surface area contributed by atoms with Crippen LogP contribution < -0.4 is 10.6 Å². The lowest BCUT2D eigenvalue weighted by Gasteiger charge is -2.13. The standard InChI is InChI=1S/C25H33N3O8/c29-19-20-3-5-21(6-4-20)25(33)27-11-2-14-35-16-18-36-17-15-34-13-1-10-26-22(30)9-12-28-23(31)7-8-24(28)32/h3-8,19H,1-2,9-18H2,(H,26,30)(H,27,33). The van der Waals surface area contributed by atoms with E-state index in [0.29, 0.717) is 76.7 Å². The molecule has 1 heterocycles. The molecule has 4 amide bonds. The second-order valence-corrected chi connectivity index (χ2v) is 7.80. The first kappa shape index (κ1) is 28.8. The number of amides is 4. The summed E-state index contributed by atoms with van der Waals surface area (Å²) in [7, 11) is 0. The molecule has 0 unspecified atom stereocenters. The van der Waals surface area contributed by atoms with E-state index in [2.05, 4.69) is 10.6 Å². The zero-order chi connectivity index (χ0) is 26.0. The Morgan fingerprint density at radius 3 is 1.86 bits per heavy atom. The SMILES string of the molecule is O=Cc1ccc(C(=O)NCCCOCCOCCOCCCNC(=O)CCN2C(=O)C=CC2=O)cc1. The van der Waals surface area contributed by atoms with Gasteiger partial charge < -0.3 is 24.8 Å². The second-order valence-electron chi connectivity index (χ2n) is 7.80. The topological polar surface area (TPSA) is 140 Å². The molecule has 2 rings (SSSR count). The largest absolute Gasteiger partial charge is 0.379 e. The summed E-state index contributed by atoms with van der Waals surface area (Å²) in [5.41, 5.74) is 1.03. The molecular formula is C25H33N3O8. The molecule has 0 aromatic heterocycles. The third-order valence-corrected chi connectivity index (χ3v) is 5.05. The first-order chi connectivity index (χ1) is 17.5. The van der Waals surface area contributed by atoms with Crippen molar-refractivity contribution < 1.29 is 38.2 Å². The minimum absolute atomic E-state index is 0.0718. The fourth-order valence-electron chi connectivity index (χ4n) is 3.09. The number of hydrogen-bond acceptors (Lipinski definition) is 8. The molecule has 0 atom stereocenters. The fourth-order valence-corrected chi connectivity index (χ4v) is 3.09. The average Bonchev–Trinajstić information content (AvgIpc) is 3.21. The van der Waals surface area contributed by atoms with Gasteiger partial charge in [0.05, 0.1) is 26.4 Å². The maximum atomic E-state index is 12.0. The Balaban J connectivity index is 1.31. The highest BCUT2D eigenvalue weighted by Gasteiger charge is 2.23. The molecular weight excluding hydrogens is 470 g/mol. The van der Waals surface area contributed by atoms with E-state index in [9.17, 15) is 24.0 Å². The van der Waals surface area contributed by atoms with Crippen LogP contribution in [0.5, 0.6) is 0 Å². The molecule has 1 aliphatic rings. The number of aldehydes is 1. The molecule has 0 saturated heterocycles. The normalized spacial score (nSPS) is 12.7. The molecule has 1 aromatic carbocycles. The molecule has 0 radical (unpaired) electrons. The molecule has 11 nitrogen and oxygen atoms in total. The third-order valence-electron chi connectivity index (χ3n) is 5.05. The molecule has 0 aliphatic carbocycles. The Morgan fingerprint density at radius 2 is 1.31 bits per heavy atom. The Morgan fingerprint density at radius 1 is 0.778 bits per heavy atom. The first-order valence-corrected chi connectivity index (χ1v) is 11.9. The second kappa shape index (κ2) is 17.1. The Bertz CT molecular complexity index is 883. The Hall–Kier alpha value is -3.41. The predicted molar refractivity (Wildman–Crippen MR) is 129 cm³/mol. The molecule has 36 heavy (non-hydrogen) atoms. The van der Waals surface area contributed by atoms with Crippen molar-refractivity contribution in [2.75, 3.05) is 59.3 Å². The summed E-state index contributed by atoms with van der Waals surface area (Å²) in [5.74, 6) is -1.20. The minimum atomic E-state index is -0.392. The molecule has 0 fully saturated rings. The van der Waals surface area contributed by atoms with Crippen LogP contribution >= 0.6 is 0 Å². The summed E-state index contributed by atoms with van der Waals surface area (Å²) in [6, 6.07) is 6.42. The summed E-state index contributed by atoms with van der Waals surface area (Å²) in [6.45, 7) is 3.71. The van der Waals surface area contributed by atoms with E-state index in [4.69, 9.17) is 14.2 Å². The minimum Gasteiger partial charge on any atom is -0.379 e. The molecule has 2 N–H and O–H groups in total. The number of imide groups is 1. The van der Waals surface area contributed by atoms with Gasteiger partial charge >= 0.3 is 0 Å². The summed E-state index contributed by atoms with van der Waals surface area (Å²) in [4.78, 5) is 58.2. The Labute approximate surface area is 210 Å². The van der Waals surface area contributed by atoms with Crippen LogP contribution in [0.1, 0.15) is 40.0 Å². The van der Waals surface area contributed by atoms with Crippen LogP contribution in [0.2, 0.25) is 0 Å². The van der Waals surface area contributed by atoms with Crippen molar-refractivity contribution in [3.63, 3.8) is 0 Å². The van der Waals surface area contributed by atoms with E-state index in [1.807, 2.05) is 0 Å². The van der Waals surface area contributed by atoms with Crippen LogP contribution in [-0.2, 0) is 28.6 Å². The van der Waals surface area contributed by atoms with Gasteiger partial charge in [0.2, 0.25) is 5.91 Å². The number of rotatable bonds is 19. The molecule has 11 heteroatoms. The van der Waals surface area contributed by atoms with Gasteiger partial charge in [-0.15, -0.1) is 0 Å². The highest BCUT2D eigenvalue weighted by molar-refractivity contribution is 6.13. The van der Waals surface area contributed by atoms with Gasteiger partial charge in [-0.25, -0.2) is 0 Å². The van der Waals surface area contributed by atoms with Crippen molar-refractivity contribution in [1.29, 1.82) is 0 Å². The van der Waals surface area contributed by atoms with Gasteiger partial charge in [-0.2, -0.15) is 0 Å². The van der Waals surface area contributed by atoms with Gasteiger partial charge in [-0.1, -0.05) is 12.1 Å². The van der Waals surface area contributed by atoms with E-state index >= 15 is 0 Å². The van der Waals surface area contributed by atoms with Crippen molar-refractivity contribution in [3.05, 3.63) is 47.5 Å². The van der Waals surface area contributed by atoms with Crippen molar-refractivity contribution in [3.8, 4) is 0 Å². The van der Waals surface area contributed by atoms with E-state index in [1.54, 1.807) is 24.3 Å². The molecule has 196 valence electrons. The van der Waals surface area contributed by atoms with Crippen LogP contribution in [0.15, 0.2) is 36.4 Å². The third kappa shape index (κ3) is 11.3. The monoisotopic (exact) mass is 503 g/mol. The van der Waals surface area contributed by atoms with Crippen LogP contribution in [-0.4, -0.2) is 94.1 Å². The highest BCUT2D eigenvalue weighted by Crippen LogP contribution is 2.04. The molecule has 0 saturated carbocycles. The average molecular weight is 504 g/mol. The number of nitrogens with one attached hydrogen (secondary N) is 2. The van der Waals surface area contributed by atoms with Crippen molar-refractivity contribution >= 4 is 29.9 Å². The van der Waals surface area contributed by atoms with Gasteiger partial charge in [-0.05, 0) is 25.0 Å².